The maximum Gasteiger partial charge on any atom is 0.199 e. The Balaban J connectivity index is 1.89. The fourth-order valence-electron chi connectivity index (χ4n) is 2.86. The van der Waals surface area contributed by atoms with Gasteiger partial charge < -0.3 is 0 Å². The fourth-order valence-corrected chi connectivity index (χ4v) is 3.83. The number of hydrogen-bond donors (Lipinski definition) is 0. The van der Waals surface area contributed by atoms with Crippen molar-refractivity contribution in [2.24, 2.45) is 0 Å². The largest absolute Gasteiger partial charge is 0.275 e. The highest BCUT2D eigenvalue weighted by Crippen LogP contribution is 2.31. The molecule has 5 aromatic rings. The average Bonchev–Trinajstić information content (AvgIpc) is 3.28. The number of nitrogens with zero attached hydrogens (tertiary/aromatic N) is 4. The van der Waals surface area contributed by atoms with Crippen LogP contribution >= 0.6 is 27.3 Å². The van der Waals surface area contributed by atoms with Crippen LogP contribution < -0.4 is 0 Å². The van der Waals surface area contributed by atoms with Gasteiger partial charge in [0.25, 0.3) is 0 Å². The molecule has 6 heteroatoms. The average molecular weight is 407 g/mol. The first-order valence-corrected chi connectivity index (χ1v) is 9.42. The molecule has 4 nitrogen and oxygen atoms in total. The minimum atomic E-state index is 0.657. The van der Waals surface area contributed by atoms with Gasteiger partial charge in [-0.15, -0.1) is 11.3 Å². The Labute approximate surface area is 155 Å². The molecule has 3 aromatic heterocycles. The van der Waals surface area contributed by atoms with E-state index in [4.69, 9.17) is 15.0 Å². The van der Waals surface area contributed by atoms with Gasteiger partial charge in [-0.2, -0.15) is 0 Å². The molecule has 0 amide bonds. The summed E-state index contributed by atoms with van der Waals surface area (Å²) in [5, 5.41) is 2.05. The van der Waals surface area contributed by atoms with Crippen LogP contribution in [-0.4, -0.2) is 19.5 Å². The number of para-hydroxylation sites is 2. The van der Waals surface area contributed by atoms with Crippen LogP contribution in [0.4, 0.5) is 0 Å². The molecule has 5 rings (SSSR count). The van der Waals surface area contributed by atoms with E-state index in [0.717, 1.165) is 37.5 Å². The maximum absolute atomic E-state index is 4.84. The highest BCUT2D eigenvalue weighted by Gasteiger charge is 2.18. The molecule has 0 aliphatic rings. The molecule has 0 aliphatic heterocycles. The normalized spacial score (nSPS) is 11.4. The number of thiophene rings is 1. The number of benzene rings is 2. The van der Waals surface area contributed by atoms with Crippen molar-refractivity contribution >= 4 is 49.6 Å². The lowest BCUT2D eigenvalue weighted by molar-refractivity contribution is 1.09. The Morgan fingerprint density at radius 3 is 2.28 bits per heavy atom. The van der Waals surface area contributed by atoms with E-state index >= 15 is 0 Å². The van der Waals surface area contributed by atoms with Crippen LogP contribution in [0.1, 0.15) is 0 Å². The molecule has 2 aromatic carbocycles. The van der Waals surface area contributed by atoms with Crippen molar-refractivity contribution in [1.82, 2.24) is 19.5 Å². The van der Waals surface area contributed by atoms with Gasteiger partial charge in [0.15, 0.2) is 17.1 Å². The topological polar surface area (TPSA) is 43.6 Å². The van der Waals surface area contributed by atoms with E-state index < -0.39 is 0 Å². The molecule has 0 saturated heterocycles. The Hall–Kier alpha value is -2.57. The molecule has 25 heavy (non-hydrogen) atoms. The van der Waals surface area contributed by atoms with Gasteiger partial charge in [0.1, 0.15) is 0 Å². The predicted molar refractivity (Wildman–Crippen MR) is 105 cm³/mol. The number of rotatable bonds is 2. The third-order valence-electron chi connectivity index (χ3n) is 4.00. The molecular formula is C19H11BrN4S. The SMILES string of the molecule is Brc1ccc(-n2c(-c3cccs3)nc3nc4ccccc4nc32)cc1. The second-order valence-electron chi connectivity index (χ2n) is 5.58. The summed E-state index contributed by atoms with van der Waals surface area (Å²) in [6.45, 7) is 0. The van der Waals surface area contributed by atoms with Crippen LogP contribution in [-0.2, 0) is 0 Å². The smallest absolute Gasteiger partial charge is 0.199 e. The van der Waals surface area contributed by atoms with Crippen molar-refractivity contribution in [1.29, 1.82) is 0 Å². The van der Waals surface area contributed by atoms with E-state index in [-0.39, 0.29) is 0 Å². The first-order chi connectivity index (χ1) is 12.3. The second-order valence-corrected chi connectivity index (χ2v) is 7.45. The zero-order valence-corrected chi connectivity index (χ0v) is 15.3. The molecule has 0 aliphatic carbocycles. The third kappa shape index (κ3) is 2.45. The van der Waals surface area contributed by atoms with Crippen LogP contribution in [0.2, 0.25) is 0 Å². The maximum atomic E-state index is 4.84. The number of aromatic nitrogens is 4. The summed E-state index contributed by atoms with van der Waals surface area (Å²) in [4.78, 5) is 15.4. The van der Waals surface area contributed by atoms with Crippen LogP contribution in [0.5, 0.6) is 0 Å². The zero-order valence-electron chi connectivity index (χ0n) is 12.9. The fraction of sp³-hybridized carbons (Fsp3) is 0. The highest BCUT2D eigenvalue weighted by atomic mass is 79.9. The standard InChI is InChI=1S/C19H11BrN4S/c20-12-7-9-13(10-8-12)24-18(16-6-3-11-25-16)23-17-19(24)22-15-5-2-1-4-14(15)21-17/h1-11H. The van der Waals surface area contributed by atoms with Crippen molar-refractivity contribution in [2.75, 3.05) is 0 Å². The molecule has 0 unspecified atom stereocenters. The quantitative estimate of drug-likeness (QED) is 0.390. The minimum Gasteiger partial charge on any atom is -0.275 e. The molecule has 0 saturated carbocycles. The van der Waals surface area contributed by atoms with Crippen LogP contribution in [0.3, 0.4) is 0 Å². The van der Waals surface area contributed by atoms with Crippen molar-refractivity contribution < 1.29 is 0 Å². The second kappa shape index (κ2) is 5.75. The molecule has 3 heterocycles. The molecule has 0 atom stereocenters. The van der Waals surface area contributed by atoms with E-state index in [1.54, 1.807) is 11.3 Å². The van der Waals surface area contributed by atoms with Gasteiger partial charge in [-0.05, 0) is 47.8 Å². The minimum absolute atomic E-state index is 0.657. The van der Waals surface area contributed by atoms with E-state index in [9.17, 15) is 0 Å². The predicted octanol–water partition coefficient (Wildman–Crippen LogP) is 5.46. The summed E-state index contributed by atoms with van der Waals surface area (Å²) < 4.78 is 3.11. The van der Waals surface area contributed by atoms with Crippen molar-refractivity contribution in [3.05, 3.63) is 70.5 Å². The van der Waals surface area contributed by atoms with Gasteiger partial charge in [-0.3, -0.25) is 4.57 Å². The number of fused-ring (bicyclic) bond motifs is 2. The van der Waals surface area contributed by atoms with Crippen LogP contribution in [0, 0.1) is 0 Å². The Morgan fingerprint density at radius 2 is 1.56 bits per heavy atom. The summed E-state index contributed by atoms with van der Waals surface area (Å²) in [6.07, 6.45) is 0. The summed E-state index contributed by atoms with van der Waals surface area (Å²) in [7, 11) is 0. The lowest BCUT2D eigenvalue weighted by Gasteiger charge is -2.08. The summed E-state index contributed by atoms with van der Waals surface area (Å²) in [6, 6.07) is 20.1. The molecule has 0 fully saturated rings. The Kier molecular flexibility index (Phi) is 3.39. The van der Waals surface area contributed by atoms with Crippen molar-refractivity contribution in [3.63, 3.8) is 0 Å². The Bertz CT molecular complexity index is 1190. The molecule has 0 bridgehead atoms. The molecule has 120 valence electrons. The van der Waals surface area contributed by atoms with Crippen LogP contribution in [0.25, 0.3) is 38.7 Å². The highest BCUT2D eigenvalue weighted by molar-refractivity contribution is 9.10. The third-order valence-corrected chi connectivity index (χ3v) is 5.39. The van der Waals surface area contributed by atoms with E-state index in [2.05, 4.69) is 44.1 Å². The summed E-state index contributed by atoms with van der Waals surface area (Å²) >= 11 is 5.16. The molecule has 0 N–H and O–H groups in total. The monoisotopic (exact) mass is 406 g/mol. The molecule has 0 radical (unpaired) electrons. The van der Waals surface area contributed by atoms with E-state index in [1.807, 2.05) is 42.5 Å². The van der Waals surface area contributed by atoms with Crippen LogP contribution in [0.15, 0.2) is 70.5 Å². The zero-order chi connectivity index (χ0) is 16.8. The first-order valence-electron chi connectivity index (χ1n) is 7.75. The van der Waals surface area contributed by atoms with Gasteiger partial charge in [0, 0.05) is 10.2 Å². The van der Waals surface area contributed by atoms with Crippen molar-refractivity contribution in [3.8, 4) is 16.4 Å². The number of imidazole rings is 1. The van der Waals surface area contributed by atoms with E-state index in [0.29, 0.717) is 5.65 Å². The van der Waals surface area contributed by atoms with Gasteiger partial charge in [-0.25, -0.2) is 15.0 Å². The molecule has 0 spiro atoms. The van der Waals surface area contributed by atoms with E-state index in [1.165, 1.54) is 0 Å². The number of halogens is 1. The lowest BCUT2D eigenvalue weighted by atomic mass is 10.3. The Morgan fingerprint density at radius 1 is 0.800 bits per heavy atom. The molecular weight excluding hydrogens is 396 g/mol. The first kappa shape index (κ1) is 14.7. The van der Waals surface area contributed by atoms with Gasteiger partial charge in [0.05, 0.1) is 15.9 Å². The number of hydrogen-bond acceptors (Lipinski definition) is 4. The van der Waals surface area contributed by atoms with Gasteiger partial charge in [0.2, 0.25) is 0 Å². The lowest BCUT2D eigenvalue weighted by Crippen LogP contribution is -1.98. The summed E-state index contributed by atoms with van der Waals surface area (Å²) in [5.41, 5.74) is 4.16. The van der Waals surface area contributed by atoms with Gasteiger partial charge in [-0.1, -0.05) is 34.1 Å². The van der Waals surface area contributed by atoms with Crippen molar-refractivity contribution in [2.45, 2.75) is 0 Å². The summed E-state index contributed by atoms with van der Waals surface area (Å²) in [5.74, 6) is 0.864. The van der Waals surface area contributed by atoms with Gasteiger partial charge >= 0.3 is 0 Å².